The predicted molar refractivity (Wildman–Crippen MR) is 100 cm³/mol. The van der Waals surface area contributed by atoms with Gasteiger partial charge in [0.25, 0.3) is 5.91 Å². The van der Waals surface area contributed by atoms with E-state index in [0.29, 0.717) is 22.4 Å². The van der Waals surface area contributed by atoms with Gasteiger partial charge >= 0.3 is 5.97 Å². The van der Waals surface area contributed by atoms with Crippen LogP contribution in [0.5, 0.6) is 0 Å². The molecule has 1 heterocycles. The van der Waals surface area contributed by atoms with Gasteiger partial charge in [0.1, 0.15) is 5.69 Å². The molecule has 0 aliphatic heterocycles. The number of rotatable bonds is 4. The van der Waals surface area contributed by atoms with E-state index in [9.17, 15) is 14.4 Å². The molecule has 0 spiro atoms. The van der Waals surface area contributed by atoms with E-state index in [1.807, 2.05) is 18.2 Å². The summed E-state index contributed by atoms with van der Waals surface area (Å²) in [5, 5.41) is 2.71. The Morgan fingerprint density at radius 1 is 1.00 bits per heavy atom. The van der Waals surface area contributed by atoms with Crippen LogP contribution < -0.4 is 5.32 Å². The summed E-state index contributed by atoms with van der Waals surface area (Å²) >= 11 is 0. The molecule has 2 aromatic carbocycles. The minimum Gasteiger partial charge on any atom is -0.461 e. The van der Waals surface area contributed by atoms with E-state index < -0.39 is 5.97 Å². The van der Waals surface area contributed by atoms with Crippen molar-refractivity contribution in [3.63, 3.8) is 0 Å². The maximum Gasteiger partial charge on any atom is 0.354 e. The van der Waals surface area contributed by atoms with Crippen molar-refractivity contribution in [1.29, 1.82) is 0 Å². The third-order valence-electron chi connectivity index (χ3n) is 4.42. The van der Waals surface area contributed by atoms with E-state index >= 15 is 0 Å². The summed E-state index contributed by atoms with van der Waals surface area (Å²) in [4.78, 5) is 39.6. The van der Waals surface area contributed by atoms with Crippen LogP contribution >= 0.6 is 0 Å². The van der Waals surface area contributed by atoms with Gasteiger partial charge in [0.05, 0.1) is 12.3 Å². The molecular weight excluding hydrogens is 344 g/mol. The second kappa shape index (κ2) is 6.57. The van der Waals surface area contributed by atoms with Gasteiger partial charge in [-0.25, -0.2) is 4.79 Å². The Balaban J connectivity index is 1.56. The number of nitrogens with one attached hydrogen (secondary N) is 2. The van der Waals surface area contributed by atoms with Gasteiger partial charge in [-0.2, -0.15) is 0 Å². The number of esters is 1. The number of H-pyrrole nitrogens is 1. The summed E-state index contributed by atoms with van der Waals surface area (Å²) in [5.41, 5.74) is 3.95. The van der Waals surface area contributed by atoms with Gasteiger partial charge in [0.2, 0.25) is 0 Å². The van der Waals surface area contributed by atoms with Crippen LogP contribution in [-0.2, 0) is 4.74 Å². The topological polar surface area (TPSA) is 88.3 Å². The van der Waals surface area contributed by atoms with Gasteiger partial charge in [-0.3, -0.25) is 9.59 Å². The number of benzene rings is 2. The van der Waals surface area contributed by atoms with E-state index in [2.05, 4.69) is 10.3 Å². The van der Waals surface area contributed by atoms with Gasteiger partial charge < -0.3 is 15.0 Å². The molecule has 0 saturated carbocycles. The highest BCUT2D eigenvalue weighted by molar-refractivity contribution is 6.22. The van der Waals surface area contributed by atoms with E-state index in [1.54, 1.807) is 31.2 Å². The Morgan fingerprint density at radius 2 is 1.74 bits per heavy atom. The van der Waals surface area contributed by atoms with E-state index in [0.717, 1.165) is 11.1 Å². The molecule has 4 rings (SSSR count). The first-order valence-electron chi connectivity index (χ1n) is 8.53. The molecule has 6 nitrogen and oxygen atoms in total. The standard InChI is InChI=1S/C21H16N2O4/c1-2-27-21(26)18-10-13(11-22-18)23-20(25)12-7-8-15-14-5-3-4-6-16(14)19(24)17(15)9-12/h3-11,22H,2H2,1H3,(H,23,25). The van der Waals surface area contributed by atoms with Crippen molar-refractivity contribution in [2.24, 2.45) is 0 Å². The van der Waals surface area contributed by atoms with Crippen LogP contribution in [0.25, 0.3) is 11.1 Å². The van der Waals surface area contributed by atoms with Gasteiger partial charge in [-0.05, 0) is 36.2 Å². The average Bonchev–Trinajstić information content (AvgIpc) is 3.26. The van der Waals surface area contributed by atoms with Gasteiger partial charge in [0.15, 0.2) is 5.78 Å². The fourth-order valence-electron chi connectivity index (χ4n) is 3.17. The maximum absolute atomic E-state index is 12.6. The molecule has 1 aliphatic carbocycles. The number of hydrogen-bond donors (Lipinski definition) is 2. The number of anilines is 1. The second-order valence-corrected chi connectivity index (χ2v) is 6.11. The molecule has 0 fully saturated rings. The zero-order valence-electron chi connectivity index (χ0n) is 14.5. The SMILES string of the molecule is CCOC(=O)c1cc(NC(=O)c2ccc3c(c2)C(=O)c2ccccc2-3)c[nH]1. The van der Waals surface area contributed by atoms with Crippen molar-refractivity contribution in [1.82, 2.24) is 4.98 Å². The van der Waals surface area contributed by atoms with Crippen LogP contribution in [0.4, 0.5) is 5.69 Å². The minimum absolute atomic E-state index is 0.0820. The molecule has 0 saturated heterocycles. The van der Waals surface area contributed by atoms with Crippen molar-refractivity contribution in [3.8, 4) is 11.1 Å². The molecule has 27 heavy (non-hydrogen) atoms. The first-order chi connectivity index (χ1) is 13.1. The van der Waals surface area contributed by atoms with Crippen molar-refractivity contribution >= 4 is 23.3 Å². The minimum atomic E-state index is -0.487. The molecule has 0 radical (unpaired) electrons. The Morgan fingerprint density at radius 3 is 2.52 bits per heavy atom. The summed E-state index contributed by atoms with van der Waals surface area (Å²) < 4.78 is 4.90. The number of ketones is 1. The lowest BCUT2D eigenvalue weighted by Gasteiger charge is -2.05. The molecule has 2 N–H and O–H groups in total. The maximum atomic E-state index is 12.6. The first-order valence-corrected chi connectivity index (χ1v) is 8.53. The zero-order chi connectivity index (χ0) is 19.0. The molecule has 0 atom stereocenters. The Hall–Kier alpha value is -3.67. The Kier molecular flexibility index (Phi) is 4.08. The highest BCUT2D eigenvalue weighted by Crippen LogP contribution is 2.36. The Bertz CT molecular complexity index is 1080. The molecule has 1 amide bonds. The largest absolute Gasteiger partial charge is 0.461 e. The molecule has 1 aliphatic rings. The molecule has 6 heteroatoms. The van der Waals surface area contributed by atoms with Crippen LogP contribution in [0.1, 0.15) is 43.7 Å². The fraction of sp³-hybridized carbons (Fsp3) is 0.0952. The van der Waals surface area contributed by atoms with Crippen LogP contribution in [-0.4, -0.2) is 29.3 Å². The van der Waals surface area contributed by atoms with Crippen molar-refractivity contribution in [2.75, 3.05) is 11.9 Å². The number of amides is 1. The summed E-state index contributed by atoms with van der Waals surface area (Å²) in [6.07, 6.45) is 1.51. The lowest BCUT2D eigenvalue weighted by molar-refractivity contribution is 0.0520. The smallest absolute Gasteiger partial charge is 0.354 e. The summed E-state index contributed by atoms with van der Waals surface area (Å²) in [5.74, 6) is -0.934. The molecule has 3 aromatic rings. The highest BCUT2D eigenvalue weighted by atomic mass is 16.5. The van der Waals surface area contributed by atoms with E-state index in [1.165, 1.54) is 12.3 Å². The fourth-order valence-corrected chi connectivity index (χ4v) is 3.17. The third kappa shape index (κ3) is 2.91. The number of carbonyl (C=O) groups is 3. The van der Waals surface area contributed by atoms with Crippen LogP contribution in [0.2, 0.25) is 0 Å². The summed E-state index contributed by atoms with van der Waals surface area (Å²) in [7, 11) is 0. The molecule has 0 unspecified atom stereocenters. The quantitative estimate of drug-likeness (QED) is 0.544. The summed E-state index contributed by atoms with van der Waals surface area (Å²) in [6, 6.07) is 14.0. The van der Waals surface area contributed by atoms with Crippen LogP contribution in [0.15, 0.2) is 54.7 Å². The average molecular weight is 360 g/mol. The molecule has 1 aromatic heterocycles. The van der Waals surface area contributed by atoms with E-state index in [4.69, 9.17) is 4.74 Å². The van der Waals surface area contributed by atoms with Gasteiger partial charge in [-0.1, -0.05) is 30.3 Å². The Labute approximate surface area is 155 Å². The van der Waals surface area contributed by atoms with Crippen molar-refractivity contribution in [2.45, 2.75) is 6.92 Å². The normalized spacial score (nSPS) is 11.7. The monoisotopic (exact) mass is 360 g/mol. The number of hydrogen-bond acceptors (Lipinski definition) is 4. The molecular formula is C21H16N2O4. The van der Waals surface area contributed by atoms with Gasteiger partial charge in [0, 0.05) is 22.9 Å². The van der Waals surface area contributed by atoms with Gasteiger partial charge in [-0.15, -0.1) is 0 Å². The predicted octanol–water partition coefficient (Wildman–Crippen LogP) is 3.66. The zero-order valence-corrected chi connectivity index (χ0v) is 14.5. The van der Waals surface area contributed by atoms with Crippen LogP contribution in [0, 0.1) is 0 Å². The molecule has 0 bridgehead atoms. The van der Waals surface area contributed by atoms with Crippen LogP contribution in [0.3, 0.4) is 0 Å². The van der Waals surface area contributed by atoms with E-state index in [-0.39, 0.29) is 24.0 Å². The third-order valence-corrected chi connectivity index (χ3v) is 4.42. The van der Waals surface area contributed by atoms with Crippen molar-refractivity contribution in [3.05, 3.63) is 77.1 Å². The number of aromatic amines is 1. The number of aromatic nitrogens is 1. The second-order valence-electron chi connectivity index (χ2n) is 6.11. The lowest BCUT2D eigenvalue weighted by Crippen LogP contribution is -2.12. The number of carbonyl (C=O) groups excluding carboxylic acids is 3. The summed E-state index contributed by atoms with van der Waals surface area (Å²) in [6.45, 7) is 1.99. The first kappa shape index (κ1) is 16.8. The van der Waals surface area contributed by atoms with Crippen molar-refractivity contribution < 1.29 is 19.1 Å². The highest BCUT2D eigenvalue weighted by Gasteiger charge is 2.27. The molecule has 134 valence electrons. The number of fused-ring (bicyclic) bond motifs is 3. The lowest BCUT2D eigenvalue weighted by atomic mass is 10.0. The number of ether oxygens (including phenoxy) is 1.